The molecule has 1 aromatic heterocycles. The van der Waals surface area contributed by atoms with Crippen molar-refractivity contribution in [2.75, 3.05) is 26.2 Å². The van der Waals surface area contributed by atoms with E-state index in [1.165, 1.54) is 23.5 Å². The molecule has 6 N–H and O–H groups in total. The number of carbonyl (C=O) groups excluding carboxylic acids is 4. The fraction of sp³-hybridized carbons (Fsp3) is 0.532. The number of thioether (sulfide) groups is 2. The smallest absolute Gasteiger partial charge is 0.388 e. The molecule has 0 spiro atoms. The summed E-state index contributed by atoms with van der Waals surface area (Å²) in [6, 6.07) is 4.84. The number of alkyl halides is 6. The second-order valence-corrected chi connectivity index (χ2v) is 19.7. The van der Waals surface area contributed by atoms with Crippen LogP contribution in [0.25, 0.3) is 0 Å². The molecule has 2 saturated heterocycles. The maximum absolute atomic E-state index is 14.4. The number of nitrogens with one attached hydrogen (secondary N) is 4. The summed E-state index contributed by atoms with van der Waals surface area (Å²) in [5.41, 5.74) is 3.73. The lowest BCUT2D eigenvalue weighted by Gasteiger charge is -2.20. The Morgan fingerprint density at radius 1 is 0.621 bits per heavy atom. The van der Waals surface area contributed by atoms with E-state index in [4.69, 9.17) is 16.6 Å². The Hall–Kier alpha value is -4.46. The number of hydrogen-bond acceptors (Lipinski definition) is 12. The summed E-state index contributed by atoms with van der Waals surface area (Å²) in [4.78, 5) is 63.3. The zero-order valence-electron chi connectivity index (χ0n) is 36.9. The maximum Gasteiger partial charge on any atom is 0.416 e. The molecule has 3 heterocycles. The van der Waals surface area contributed by atoms with Crippen molar-refractivity contribution >= 4 is 58.2 Å². The highest BCUT2D eigenvalue weighted by Crippen LogP contribution is 2.41. The van der Waals surface area contributed by atoms with Crippen LogP contribution < -0.4 is 16.4 Å². The van der Waals surface area contributed by atoms with E-state index in [-0.39, 0.29) is 87.2 Å². The molecule has 2 aliphatic heterocycles. The van der Waals surface area contributed by atoms with Crippen LogP contribution in [0.1, 0.15) is 138 Å². The highest BCUT2D eigenvalue weighted by Gasteiger charge is 2.35. The van der Waals surface area contributed by atoms with Crippen LogP contribution in [0.15, 0.2) is 46.5 Å². The van der Waals surface area contributed by atoms with Crippen molar-refractivity contribution in [2.45, 2.75) is 142 Å². The van der Waals surface area contributed by atoms with Gasteiger partial charge in [0, 0.05) is 84.0 Å². The molecule has 0 radical (unpaired) electrons. The molecule has 2 fully saturated rings. The Kier molecular flexibility index (Phi) is 19.5. The number of aromatic nitrogens is 2. The van der Waals surface area contributed by atoms with Crippen LogP contribution >= 0.6 is 23.5 Å². The molecular weight excluding hydrogens is 905 g/mol. The Labute approximate surface area is 389 Å². The Morgan fingerprint density at radius 2 is 1.02 bits per heavy atom. The van der Waals surface area contributed by atoms with Crippen LogP contribution in [0.4, 0.5) is 26.3 Å². The lowest BCUT2D eigenvalue weighted by Crippen LogP contribution is -2.17. The highest BCUT2D eigenvalue weighted by molar-refractivity contribution is 8.00. The number of ketones is 4. The second kappa shape index (κ2) is 24.5. The van der Waals surface area contributed by atoms with E-state index in [1.807, 2.05) is 0 Å². The molecule has 2 atom stereocenters. The minimum absolute atomic E-state index is 0.0316. The first-order valence-corrected chi connectivity index (χ1v) is 24.0. The third-order valence-electron chi connectivity index (χ3n) is 11.4. The number of nitrogens with two attached hydrogens (primary N) is 1. The van der Waals surface area contributed by atoms with E-state index in [1.54, 1.807) is 6.92 Å². The van der Waals surface area contributed by atoms with Crippen LogP contribution in [-0.2, 0) is 47.6 Å². The molecule has 2 aromatic carbocycles. The van der Waals surface area contributed by atoms with Crippen molar-refractivity contribution in [1.29, 1.82) is 10.8 Å². The molecule has 66 heavy (non-hydrogen) atoms. The lowest BCUT2D eigenvalue weighted by atomic mass is 9.95. The molecule has 0 unspecified atom stereocenters. The number of unbranched alkanes of at least 4 members (excludes halogenated alkanes) is 4. The molecule has 0 bridgehead atoms. The van der Waals surface area contributed by atoms with Crippen LogP contribution in [0.5, 0.6) is 0 Å². The van der Waals surface area contributed by atoms with Crippen LogP contribution in [0, 0.1) is 10.8 Å². The summed E-state index contributed by atoms with van der Waals surface area (Å²) in [7, 11) is 0. The number of rotatable bonds is 26. The van der Waals surface area contributed by atoms with Gasteiger partial charge in [-0.1, -0.05) is 12.8 Å². The van der Waals surface area contributed by atoms with Crippen LogP contribution in [0.3, 0.4) is 0 Å². The number of Topliss-reactive ketones (excluding diaryl/α,β-unsaturated/α-hetero) is 4. The molecule has 2 aliphatic rings. The average molecular weight is 962 g/mol. The van der Waals surface area contributed by atoms with Gasteiger partial charge in [0.15, 0.2) is 11.6 Å². The largest absolute Gasteiger partial charge is 0.416 e. The van der Waals surface area contributed by atoms with E-state index in [9.17, 15) is 45.5 Å². The van der Waals surface area contributed by atoms with Crippen molar-refractivity contribution in [3.05, 3.63) is 81.4 Å². The minimum atomic E-state index is -4.81. The maximum atomic E-state index is 14.4. The number of nitrogens with zero attached hydrogens (tertiary/aromatic N) is 2. The molecule has 0 saturated carbocycles. The summed E-state index contributed by atoms with van der Waals surface area (Å²) in [6.07, 6.45) is -4.06. The number of carbonyl (C=O) groups is 4. The molecule has 19 heteroatoms. The predicted octanol–water partition coefficient (Wildman–Crippen LogP) is 9.37. The Bertz CT molecular complexity index is 2090. The molecule has 0 amide bonds. The van der Waals surface area contributed by atoms with Gasteiger partial charge in [0.1, 0.15) is 29.3 Å². The van der Waals surface area contributed by atoms with E-state index in [0.29, 0.717) is 99.5 Å². The number of benzene rings is 2. The van der Waals surface area contributed by atoms with E-state index in [2.05, 4.69) is 20.6 Å². The first-order valence-electron chi connectivity index (χ1n) is 22.3. The van der Waals surface area contributed by atoms with Gasteiger partial charge >= 0.3 is 12.4 Å². The van der Waals surface area contributed by atoms with Crippen molar-refractivity contribution in [3.63, 3.8) is 0 Å². The number of hydrogen-bond donors (Lipinski definition) is 5. The van der Waals surface area contributed by atoms with Gasteiger partial charge in [-0.15, -0.1) is 23.5 Å². The molecule has 3 aromatic rings. The SMILES string of the molecule is CC(=N)CCCCCC(=O)Cc1cc(C(F)(F)F)cc(CC(=O)c2cc(C(=O)Cc3cc(C(F)(F)F)cc(CC(=O)CCCCCC(=N)N)c3S[C@H]3CCNC3)ncn2)c1S[C@H]1CCNC1. The third-order valence-corrected chi connectivity index (χ3v) is 14.4. The van der Waals surface area contributed by atoms with Gasteiger partial charge < -0.3 is 21.8 Å². The summed E-state index contributed by atoms with van der Waals surface area (Å²) in [6.45, 7) is 4.21. The third kappa shape index (κ3) is 16.4. The molecule has 0 aliphatic carbocycles. The fourth-order valence-electron chi connectivity index (χ4n) is 7.95. The Morgan fingerprint density at radius 3 is 1.38 bits per heavy atom. The average Bonchev–Trinajstić information content (AvgIpc) is 3.97. The summed E-state index contributed by atoms with van der Waals surface area (Å²) >= 11 is 2.61. The van der Waals surface area contributed by atoms with Gasteiger partial charge in [-0.3, -0.25) is 24.6 Å². The predicted molar refractivity (Wildman–Crippen MR) is 244 cm³/mol. The van der Waals surface area contributed by atoms with Crippen molar-refractivity contribution in [1.82, 2.24) is 20.6 Å². The zero-order valence-corrected chi connectivity index (χ0v) is 38.6. The van der Waals surface area contributed by atoms with Gasteiger partial charge in [-0.05, 0) is 118 Å². The quantitative estimate of drug-likeness (QED) is 0.0169. The standard InChI is InChI=1S/C47H57F6N7O4S2/c1-28(54)8-4-2-5-9-35(61)20-29-16-33(46(48,49)50)18-31(44(29)65-37-12-14-57-25-37)22-41(63)39-24-40(60-27-59-39)42(64)23-32-19-34(47(51,52)53)17-30(45(32)66-38-13-15-58-26-38)21-36(62)10-6-3-7-11-43(55)56/h16-19,24,27,37-38,54,57-58H,2-15,20-23,25-26H2,1H3,(H3,55,56)/t37-,38-/m0/s1. The molecular formula is C47H57F6N7O4S2. The second-order valence-electron chi connectivity index (χ2n) is 17.1. The van der Waals surface area contributed by atoms with Gasteiger partial charge in [0.25, 0.3) is 0 Å². The van der Waals surface area contributed by atoms with E-state index in [0.717, 1.165) is 43.1 Å². The highest BCUT2D eigenvalue weighted by atomic mass is 32.2. The zero-order chi connectivity index (χ0) is 48.0. The summed E-state index contributed by atoms with van der Waals surface area (Å²) < 4.78 is 86.5. The van der Waals surface area contributed by atoms with Crippen molar-refractivity contribution in [2.24, 2.45) is 5.73 Å². The van der Waals surface area contributed by atoms with Gasteiger partial charge in [-0.25, -0.2) is 9.97 Å². The van der Waals surface area contributed by atoms with Gasteiger partial charge in [0.05, 0.1) is 17.0 Å². The normalized spacial score (nSPS) is 16.4. The molecule has 358 valence electrons. The lowest BCUT2D eigenvalue weighted by molar-refractivity contribution is -0.138. The van der Waals surface area contributed by atoms with Gasteiger partial charge in [0.2, 0.25) is 0 Å². The first kappa shape index (κ1) is 52.5. The molecule has 11 nitrogen and oxygen atoms in total. The minimum Gasteiger partial charge on any atom is -0.388 e. The number of amidine groups is 1. The summed E-state index contributed by atoms with van der Waals surface area (Å²) in [5, 5.41) is 21.3. The van der Waals surface area contributed by atoms with E-state index >= 15 is 0 Å². The van der Waals surface area contributed by atoms with Crippen LogP contribution in [0.2, 0.25) is 0 Å². The van der Waals surface area contributed by atoms with E-state index < -0.39 is 47.9 Å². The number of halogens is 6. The summed E-state index contributed by atoms with van der Waals surface area (Å²) in [5.74, 6) is -1.96. The van der Waals surface area contributed by atoms with Crippen LogP contribution in [-0.4, -0.2) is 81.3 Å². The fourth-order valence-corrected chi connectivity index (χ4v) is 10.6. The monoisotopic (exact) mass is 961 g/mol. The molecule has 5 rings (SSSR count). The first-order chi connectivity index (χ1) is 31.3. The van der Waals surface area contributed by atoms with Crippen molar-refractivity contribution in [3.8, 4) is 0 Å². The Balaban J connectivity index is 1.42. The van der Waals surface area contributed by atoms with Crippen molar-refractivity contribution < 1.29 is 45.5 Å². The topological polar surface area (TPSA) is 192 Å². The van der Waals surface area contributed by atoms with Gasteiger partial charge in [-0.2, -0.15) is 26.3 Å².